The first-order valence-corrected chi connectivity index (χ1v) is 6.51. The van der Waals surface area contributed by atoms with E-state index in [4.69, 9.17) is 26.9 Å². The number of carbonyl (C=O) groups is 1. The van der Waals surface area contributed by atoms with E-state index in [1.54, 1.807) is 24.3 Å². The lowest BCUT2D eigenvalue weighted by atomic mass is 10.1. The summed E-state index contributed by atoms with van der Waals surface area (Å²) in [5.41, 5.74) is 6.69. The Hall–Kier alpha value is -2.60. The van der Waals surface area contributed by atoms with Crippen molar-refractivity contribution in [2.24, 2.45) is 5.73 Å². The van der Waals surface area contributed by atoms with Gasteiger partial charge in [0.1, 0.15) is 0 Å². The van der Waals surface area contributed by atoms with E-state index in [1.165, 1.54) is 18.3 Å². The van der Waals surface area contributed by atoms with Gasteiger partial charge >= 0.3 is 5.97 Å². The molecule has 3 N–H and O–H groups in total. The molecule has 0 aliphatic carbocycles. The highest BCUT2D eigenvalue weighted by molar-refractivity contribution is 6.19. The molecular formula is C14H12ClN3O3. The highest BCUT2D eigenvalue weighted by Crippen LogP contribution is 2.22. The van der Waals surface area contributed by atoms with Crippen molar-refractivity contribution in [2.45, 2.75) is 0 Å². The first-order chi connectivity index (χ1) is 10.2. The molecule has 6 nitrogen and oxygen atoms in total. The van der Waals surface area contributed by atoms with E-state index in [1.807, 2.05) is 0 Å². The molecule has 21 heavy (non-hydrogen) atoms. The van der Waals surface area contributed by atoms with Gasteiger partial charge in [-0.3, -0.25) is 0 Å². The summed E-state index contributed by atoms with van der Waals surface area (Å²) in [5, 5.41) is 16.7. The Labute approximate surface area is 125 Å². The number of halogens is 1. The van der Waals surface area contributed by atoms with Crippen LogP contribution in [0.15, 0.2) is 47.0 Å². The lowest BCUT2D eigenvalue weighted by molar-refractivity contribution is 0.0697. The molecular weight excluding hydrogens is 294 g/mol. The lowest BCUT2D eigenvalue weighted by Crippen LogP contribution is -1.95. The van der Waals surface area contributed by atoms with Crippen LogP contribution in [-0.2, 0) is 0 Å². The summed E-state index contributed by atoms with van der Waals surface area (Å²) < 4.78 is 5.50. The molecule has 7 heteroatoms. The smallest absolute Gasteiger partial charge is 0.335 e. The molecule has 2 rings (SSSR count). The monoisotopic (exact) mass is 305 g/mol. The third kappa shape index (κ3) is 3.49. The third-order valence-electron chi connectivity index (χ3n) is 2.59. The number of carboxylic acid groups (broad SMARTS) is 1. The first kappa shape index (κ1) is 14.8. The van der Waals surface area contributed by atoms with Crippen LogP contribution in [0.2, 0.25) is 0 Å². The van der Waals surface area contributed by atoms with Crippen molar-refractivity contribution >= 4 is 23.1 Å². The quantitative estimate of drug-likeness (QED) is 0.650. The van der Waals surface area contributed by atoms with Crippen LogP contribution in [0, 0.1) is 0 Å². The number of hydrogen-bond donors (Lipinski definition) is 2. The molecule has 0 saturated heterocycles. The van der Waals surface area contributed by atoms with E-state index in [9.17, 15) is 4.79 Å². The highest BCUT2D eigenvalue weighted by atomic mass is 35.5. The molecule has 0 spiro atoms. The minimum absolute atomic E-state index is 0.142. The Kier molecular flexibility index (Phi) is 4.73. The average molecular weight is 306 g/mol. The molecule has 0 amide bonds. The number of nitrogens with zero attached hydrogens (tertiary/aromatic N) is 2. The lowest BCUT2D eigenvalue weighted by Gasteiger charge is -1.97. The summed E-state index contributed by atoms with van der Waals surface area (Å²) in [4.78, 5) is 10.9. The number of hydrogen-bond acceptors (Lipinski definition) is 5. The van der Waals surface area contributed by atoms with Gasteiger partial charge in [0.15, 0.2) is 0 Å². The third-order valence-corrected chi connectivity index (χ3v) is 2.77. The van der Waals surface area contributed by atoms with Gasteiger partial charge < -0.3 is 15.3 Å². The number of aromatic carboxylic acids is 1. The standard InChI is InChI=1S/C14H12ClN3O3/c15-6-2-5-11(8-16)13-18-17-12(21-13)9-3-1-4-10(7-9)14(19)20/h1-5,7-8H,6,16H2,(H,19,20)/b5-2-,11-8+. The number of aromatic nitrogens is 2. The van der Waals surface area contributed by atoms with Crippen LogP contribution >= 0.6 is 11.6 Å². The van der Waals surface area contributed by atoms with Crippen molar-refractivity contribution in [2.75, 3.05) is 5.88 Å². The summed E-state index contributed by atoms with van der Waals surface area (Å²) >= 11 is 5.56. The number of carboxylic acids is 1. The molecule has 1 aromatic heterocycles. The Balaban J connectivity index is 2.33. The van der Waals surface area contributed by atoms with Crippen molar-refractivity contribution in [1.29, 1.82) is 0 Å². The fourth-order valence-corrected chi connectivity index (χ4v) is 1.70. The maximum absolute atomic E-state index is 10.9. The van der Waals surface area contributed by atoms with E-state index in [0.717, 1.165) is 0 Å². The maximum Gasteiger partial charge on any atom is 0.335 e. The SMILES string of the molecule is N/C=C(\C=C/CCl)c1nnc(-c2cccc(C(=O)O)c2)o1. The van der Waals surface area contributed by atoms with Gasteiger partial charge in [0.25, 0.3) is 0 Å². The number of alkyl halides is 1. The normalized spacial score (nSPS) is 12.0. The second kappa shape index (κ2) is 6.71. The number of benzene rings is 1. The molecule has 0 fully saturated rings. The number of nitrogens with two attached hydrogens (primary N) is 1. The molecule has 0 radical (unpaired) electrons. The fourth-order valence-electron chi connectivity index (χ4n) is 1.61. The first-order valence-electron chi connectivity index (χ1n) is 5.97. The van der Waals surface area contributed by atoms with E-state index >= 15 is 0 Å². The molecule has 108 valence electrons. The number of rotatable bonds is 5. The molecule has 0 bridgehead atoms. The maximum atomic E-state index is 10.9. The molecule has 2 aromatic rings. The van der Waals surface area contributed by atoms with E-state index in [0.29, 0.717) is 17.0 Å². The van der Waals surface area contributed by atoms with Gasteiger partial charge in [0, 0.05) is 17.6 Å². The second-order valence-corrected chi connectivity index (χ2v) is 4.29. The van der Waals surface area contributed by atoms with E-state index in [-0.39, 0.29) is 17.3 Å². The zero-order chi connectivity index (χ0) is 15.2. The van der Waals surface area contributed by atoms with Crippen LogP contribution < -0.4 is 5.73 Å². The van der Waals surface area contributed by atoms with Gasteiger partial charge in [0.05, 0.1) is 11.1 Å². The Morgan fingerprint density at radius 2 is 2.24 bits per heavy atom. The second-order valence-electron chi connectivity index (χ2n) is 3.98. The largest absolute Gasteiger partial charge is 0.478 e. The summed E-state index contributed by atoms with van der Waals surface area (Å²) in [6.07, 6.45) is 4.68. The molecule has 0 aliphatic heterocycles. The minimum atomic E-state index is -1.02. The summed E-state index contributed by atoms with van der Waals surface area (Å²) in [5.74, 6) is -0.246. The summed E-state index contributed by atoms with van der Waals surface area (Å²) in [7, 11) is 0. The van der Waals surface area contributed by atoms with Crippen LogP contribution in [-0.4, -0.2) is 27.2 Å². The van der Waals surface area contributed by atoms with Crippen molar-refractivity contribution in [3.8, 4) is 11.5 Å². The zero-order valence-corrected chi connectivity index (χ0v) is 11.6. The van der Waals surface area contributed by atoms with Gasteiger partial charge in [-0.25, -0.2) is 4.79 Å². The molecule has 0 saturated carbocycles. The van der Waals surface area contributed by atoms with E-state index in [2.05, 4.69) is 10.2 Å². The van der Waals surface area contributed by atoms with Gasteiger partial charge in [0.2, 0.25) is 11.8 Å². The van der Waals surface area contributed by atoms with E-state index < -0.39 is 5.97 Å². The van der Waals surface area contributed by atoms with Gasteiger partial charge in [-0.15, -0.1) is 21.8 Å². The van der Waals surface area contributed by atoms with Crippen molar-refractivity contribution < 1.29 is 14.3 Å². The van der Waals surface area contributed by atoms with Crippen molar-refractivity contribution in [1.82, 2.24) is 10.2 Å². The van der Waals surface area contributed by atoms with Crippen molar-refractivity contribution in [3.05, 3.63) is 54.1 Å². The summed E-state index contributed by atoms with van der Waals surface area (Å²) in [6, 6.07) is 6.23. The predicted octanol–water partition coefficient (Wildman–Crippen LogP) is 2.53. The average Bonchev–Trinajstić information content (AvgIpc) is 2.98. The molecule has 1 heterocycles. The molecule has 1 aromatic carbocycles. The summed E-state index contributed by atoms with van der Waals surface area (Å²) in [6.45, 7) is 0. The van der Waals surface area contributed by atoms with Crippen LogP contribution in [0.25, 0.3) is 17.0 Å². The molecule has 0 aliphatic rings. The number of allylic oxidation sites excluding steroid dienone is 3. The van der Waals surface area contributed by atoms with Crippen LogP contribution in [0.1, 0.15) is 16.2 Å². The van der Waals surface area contributed by atoms with Crippen LogP contribution in [0.5, 0.6) is 0 Å². The zero-order valence-electron chi connectivity index (χ0n) is 10.9. The molecule has 0 atom stereocenters. The predicted molar refractivity (Wildman–Crippen MR) is 78.7 cm³/mol. The van der Waals surface area contributed by atoms with Crippen molar-refractivity contribution in [3.63, 3.8) is 0 Å². The van der Waals surface area contributed by atoms with Gasteiger partial charge in [-0.1, -0.05) is 18.2 Å². The molecule has 0 unspecified atom stereocenters. The topological polar surface area (TPSA) is 102 Å². The van der Waals surface area contributed by atoms with Crippen LogP contribution in [0.3, 0.4) is 0 Å². The van der Waals surface area contributed by atoms with Gasteiger partial charge in [-0.05, 0) is 18.2 Å². The van der Waals surface area contributed by atoms with Gasteiger partial charge in [-0.2, -0.15) is 0 Å². The highest BCUT2D eigenvalue weighted by Gasteiger charge is 2.12. The fraction of sp³-hybridized carbons (Fsp3) is 0.0714. The Bertz CT molecular complexity index is 707. The van der Waals surface area contributed by atoms with Crippen LogP contribution in [0.4, 0.5) is 0 Å². The minimum Gasteiger partial charge on any atom is -0.478 e. The Morgan fingerprint density at radius 3 is 2.90 bits per heavy atom. The Morgan fingerprint density at radius 1 is 1.43 bits per heavy atom.